The summed E-state index contributed by atoms with van der Waals surface area (Å²) in [7, 11) is 3.89. The maximum atomic E-state index is 9.67. The van der Waals surface area contributed by atoms with Gasteiger partial charge in [0.25, 0.3) is 0 Å². The van der Waals surface area contributed by atoms with Gasteiger partial charge in [-0.15, -0.1) is 0 Å². The molecule has 1 N–H and O–H groups in total. The Labute approximate surface area is 67.1 Å². The molecule has 11 heavy (non-hydrogen) atoms. The highest BCUT2D eigenvalue weighted by atomic mass is 17.1. The smallest absolute Gasteiger partial charge is 0.166 e. The lowest BCUT2D eigenvalue weighted by atomic mass is 10.3. The van der Waals surface area contributed by atoms with Crippen molar-refractivity contribution >= 4 is 0 Å². The zero-order valence-corrected chi connectivity index (χ0v) is 6.95. The van der Waals surface area contributed by atoms with E-state index in [0.717, 1.165) is 6.54 Å². The van der Waals surface area contributed by atoms with Gasteiger partial charge in [-0.1, -0.05) is 6.42 Å². The van der Waals surface area contributed by atoms with Crippen molar-refractivity contribution in [3.8, 4) is 6.07 Å². The van der Waals surface area contributed by atoms with Gasteiger partial charge in [-0.3, -0.25) is 0 Å². The van der Waals surface area contributed by atoms with Crippen LogP contribution in [-0.4, -0.2) is 36.6 Å². The second-order valence-corrected chi connectivity index (χ2v) is 3.05. The van der Waals surface area contributed by atoms with Crippen LogP contribution in [-0.2, 0) is 0 Å². The van der Waals surface area contributed by atoms with E-state index in [1.54, 1.807) is 0 Å². The average Bonchev–Trinajstić information content (AvgIpc) is 1.87. The Morgan fingerprint density at radius 3 is 2.73 bits per heavy atom. The topological polar surface area (TPSA) is 59.7 Å². The fourth-order valence-electron chi connectivity index (χ4n) is 0.730. The lowest BCUT2D eigenvalue weighted by Crippen LogP contribution is -2.40. The molecule has 0 aromatic carbocycles. The molecule has 0 amide bonds. The van der Waals surface area contributed by atoms with Crippen LogP contribution < -0.4 is 5.26 Å². The number of quaternary nitrogens is 1. The van der Waals surface area contributed by atoms with E-state index in [1.807, 2.05) is 14.1 Å². The van der Waals surface area contributed by atoms with Crippen LogP contribution in [0.4, 0.5) is 0 Å². The van der Waals surface area contributed by atoms with E-state index in [1.165, 1.54) is 6.61 Å². The number of hydrogen-bond acceptors (Lipinski definition) is 2. The predicted octanol–water partition coefficient (Wildman–Crippen LogP) is -0.493. The highest BCUT2D eigenvalue weighted by Gasteiger charge is 2.10. The molecule has 0 heterocycles. The largest absolute Gasteiger partial charge is 0.588 e. The Bertz CT molecular complexity index is 140. The fourth-order valence-corrected chi connectivity index (χ4v) is 0.730. The standard InChI is InChI=1S/C7H14N2O2/c1-9(2,6-4-8)5-3-7-11-10/h7,11H,3,5-6H2,1-2H3. The highest BCUT2D eigenvalue weighted by Crippen LogP contribution is 1.98. The third-order valence-electron chi connectivity index (χ3n) is 1.44. The molecule has 0 bridgehead atoms. The predicted molar refractivity (Wildman–Crippen MR) is 39.0 cm³/mol. The van der Waals surface area contributed by atoms with Gasteiger partial charge in [0, 0.05) is 0 Å². The maximum absolute atomic E-state index is 9.67. The van der Waals surface area contributed by atoms with Crippen molar-refractivity contribution in [1.29, 1.82) is 5.26 Å². The van der Waals surface area contributed by atoms with E-state index in [4.69, 9.17) is 5.26 Å². The normalized spacial score (nSPS) is 11.1. The van der Waals surface area contributed by atoms with Crippen LogP contribution in [0.15, 0.2) is 0 Å². The summed E-state index contributed by atoms with van der Waals surface area (Å²) in [6, 6.07) is 2.08. The lowest BCUT2D eigenvalue weighted by molar-refractivity contribution is -0.884. The van der Waals surface area contributed by atoms with E-state index in [-0.39, 0.29) is 0 Å². The molecule has 0 spiro atoms. The molecule has 0 aliphatic rings. The molecule has 64 valence electrons. The van der Waals surface area contributed by atoms with E-state index in [2.05, 4.69) is 11.0 Å². The SMILES string of the molecule is C[N+](C)(CC#N)CC[CH-][OH+][O-]. The summed E-state index contributed by atoms with van der Waals surface area (Å²) in [4.78, 5) is 2.63. The molecule has 4 nitrogen and oxygen atoms in total. The van der Waals surface area contributed by atoms with Gasteiger partial charge in [-0.2, -0.15) is 5.26 Å². The van der Waals surface area contributed by atoms with Crippen LogP contribution in [0.1, 0.15) is 6.42 Å². The molecule has 0 aliphatic carbocycles. The van der Waals surface area contributed by atoms with Crippen molar-refractivity contribution in [1.82, 2.24) is 0 Å². The summed E-state index contributed by atoms with van der Waals surface area (Å²) in [6.07, 6.45) is 0.637. The van der Waals surface area contributed by atoms with Crippen LogP contribution in [0.25, 0.3) is 0 Å². The molecule has 0 aliphatic heterocycles. The summed E-state index contributed by atoms with van der Waals surface area (Å²) in [5.41, 5.74) is 0. The first-order valence-electron chi connectivity index (χ1n) is 3.45. The van der Waals surface area contributed by atoms with E-state index in [0.29, 0.717) is 17.4 Å². The van der Waals surface area contributed by atoms with Gasteiger partial charge >= 0.3 is 0 Å². The Morgan fingerprint density at radius 2 is 2.27 bits per heavy atom. The quantitative estimate of drug-likeness (QED) is 0.103. The van der Waals surface area contributed by atoms with Gasteiger partial charge < -0.3 is 14.6 Å². The van der Waals surface area contributed by atoms with Gasteiger partial charge in [0.2, 0.25) is 0 Å². The van der Waals surface area contributed by atoms with Crippen molar-refractivity contribution < 1.29 is 14.6 Å². The Hall–Kier alpha value is -0.630. The van der Waals surface area contributed by atoms with Crippen LogP contribution in [0.3, 0.4) is 0 Å². The minimum absolute atomic E-state index is 0.465. The summed E-state index contributed by atoms with van der Waals surface area (Å²) in [5.74, 6) is 0. The molecule has 0 atom stereocenters. The number of hydrogen-bond donors (Lipinski definition) is 0. The van der Waals surface area contributed by atoms with Gasteiger partial charge in [0.1, 0.15) is 6.07 Å². The van der Waals surface area contributed by atoms with Gasteiger partial charge in [-0.05, 0) is 6.61 Å². The van der Waals surface area contributed by atoms with Gasteiger partial charge in [0.05, 0.1) is 20.6 Å². The molecule has 0 saturated heterocycles. The van der Waals surface area contributed by atoms with Crippen LogP contribution in [0.5, 0.6) is 0 Å². The van der Waals surface area contributed by atoms with Crippen molar-refractivity contribution in [3.05, 3.63) is 6.61 Å². The first kappa shape index (κ1) is 10.4. The van der Waals surface area contributed by atoms with Crippen LogP contribution in [0, 0.1) is 17.9 Å². The van der Waals surface area contributed by atoms with Crippen LogP contribution >= 0.6 is 0 Å². The first-order chi connectivity index (χ1) is 5.12. The average molecular weight is 158 g/mol. The zero-order chi connectivity index (χ0) is 8.74. The molecular weight excluding hydrogens is 144 g/mol. The number of aliphatic hydroxyl groups is 1. The molecule has 0 aromatic rings. The molecule has 0 aromatic heterocycles. The van der Waals surface area contributed by atoms with Crippen molar-refractivity contribution in [2.75, 3.05) is 27.2 Å². The molecule has 4 heteroatoms. The highest BCUT2D eigenvalue weighted by molar-refractivity contribution is 4.67. The van der Waals surface area contributed by atoms with Crippen molar-refractivity contribution in [3.63, 3.8) is 0 Å². The Balaban J connectivity index is 3.48. The molecule has 0 unspecified atom stereocenters. The summed E-state index contributed by atoms with van der Waals surface area (Å²) < 4.78 is 0.614. The zero-order valence-electron chi connectivity index (χ0n) is 6.95. The van der Waals surface area contributed by atoms with Crippen molar-refractivity contribution in [2.45, 2.75) is 6.42 Å². The second-order valence-electron chi connectivity index (χ2n) is 3.05. The summed E-state index contributed by atoms with van der Waals surface area (Å²) >= 11 is 0. The lowest BCUT2D eigenvalue weighted by Gasteiger charge is -2.28. The number of rotatable bonds is 5. The monoisotopic (exact) mass is 158 g/mol. The second kappa shape index (κ2) is 5.08. The van der Waals surface area contributed by atoms with Crippen LogP contribution in [0.2, 0.25) is 0 Å². The fraction of sp³-hybridized carbons (Fsp3) is 0.714. The van der Waals surface area contributed by atoms with Gasteiger partial charge in [0.15, 0.2) is 6.54 Å². The Kier molecular flexibility index (Phi) is 4.79. The molecule has 0 saturated carbocycles. The molecular formula is C7H14N2O2. The molecule has 0 radical (unpaired) electrons. The van der Waals surface area contributed by atoms with E-state index in [9.17, 15) is 5.26 Å². The Morgan fingerprint density at radius 1 is 1.64 bits per heavy atom. The van der Waals surface area contributed by atoms with Gasteiger partial charge in [-0.25, -0.2) is 0 Å². The van der Waals surface area contributed by atoms with Crippen molar-refractivity contribution in [2.24, 2.45) is 0 Å². The molecule has 0 rings (SSSR count). The third kappa shape index (κ3) is 5.80. The minimum atomic E-state index is 0.465. The van der Waals surface area contributed by atoms with E-state index < -0.39 is 0 Å². The first-order valence-corrected chi connectivity index (χ1v) is 3.45. The van der Waals surface area contributed by atoms with E-state index >= 15 is 0 Å². The maximum Gasteiger partial charge on any atom is 0.166 e. The molecule has 0 fully saturated rings. The minimum Gasteiger partial charge on any atom is -0.588 e. The third-order valence-corrected chi connectivity index (χ3v) is 1.44. The number of nitriles is 1. The summed E-state index contributed by atoms with van der Waals surface area (Å²) in [5, 5.41) is 18.1. The summed E-state index contributed by atoms with van der Waals surface area (Å²) in [6.45, 7) is 2.57. The number of nitrogens with zero attached hydrogens (tertiary/aromatic N) is 2.